The minimum absolute atomic E-state index is 0.259. The summed E-state index contributed by atoms with van der Waals surface area (Å²) >= 11 is 0. The van der Waals surface area contributed by atoms with E-state index in [0.717, 1.165) is 45.4 Å². The van der Waals surface area contributed by atoms with Gasteiger partial charge in [-0.1, -0.05) is 12.1 Å². The van der Waals surface area contributed by atoms with Crippen molar-refractivity contribution in [3.63, 3.8) is 0 Å². The molecule has 1 aromatic rings. The van der Waals surface area contributed by atoms with Gasteiger partial charge in [0.05, 0.1) is 13.2 Å². The van der Waals surface area contributed by atoms with Crippen LogP contribution in [0.3, 0.4) is 0 Å². The Labute approximate surface area is 127 Å². The molecule has 0 aromatic heterocycles. The van der Waals surface area contributed by atoms with Gasteiger partial charge in [-0.15, -0.1) is 0 Å². The minimum Gasteiger partial charge on any atom is -0.382 e. The molecular weight excluding hydrogens is 264 g/mol. The van der Waals surface area contributed by atoms with E-state index in [9.17, 15) is 0 Å². The highest BCUT2D eigenvalue weighted by Gasteiger charge is 2.40. The fraction of sp³-hybridized carbons (Fsp3) is 0.647. The highest BCUT2D eigenvalue weighted by molar-refractivity contribution is 5.46. The predicted molar refractivity (Wildman–Crippen MR) is 84.3 cm³/mol. The zero-order valence-electron chi connectivity index (χ0n) is 13.1. The minimum atomic E-state index is -0.259. The second-order valence-corrected chi connectivity index (χ2v) is 6.46. The monoisotopic (exact) mass is 290 g/mol. The summed E-state index contributed by atoms with van der Waals surface area (Å²) in [7, 11) is 4.20. The molecule has 4 nitrogen and oxygen atoms in total. The van der Waals surface area contributed by atoms with Crippen LogP contribution in [0.15, 0.2) is 24.3 Å². The lowest BCUT2D eigenvalue weighted by molar-refractivity contribution is -0.177. The van der Waals surface area contributed by atoms with Crippen molar-refractivity contribution >= 4 is 5.69 Å². The SMILES string of the molecule is CN(C)Cc1cccc(NC2CCC3(CC2)OCCO3)c1. The molecule has 1 aliphatic heterocycles. The Kier molecular flexibility index (Phi) is 4.48. The van der Waals surface area contributed by atoms with E-state index >= 15 is 0 Å². The van der Waals surface area contributed by atoms with Crippen LogP contribution in [0, 0.1) is 0 Å². The molecule has 1 spiro atoms. The number of hydrogen-bond donors (Lipinski definition) is 1. The maximum Gasteiger partial charge on any atom is 0.168 e. The van der Waals surface area contributed by atoms with E-state index in [1.807, 2.05) is 0 Å². The molecule has 1 aliphatic carbocycles. The Hall–Kier alpha value is -1.10. The molecule has 116 valence electrons. The topological polar surface area (TPSA) is 33.7 Å². The third-order valence-electron chi connectivity index (χ3n) is 4.36. The normalized spacial score (nSPS) is 22.0. The Morgan fingerprint density at radius 1 is 1.19 bits per heavy atom. The molecule has 0 unspecified atom stereocenters. The zero-order valence-corrected chi connectivity index (χ0v) is 13.1. The van der Waals surface area contributed by atoms with Gasteiger partial charge in [0.2, 0.25) is 0 Å². The van der Waals surface area contributed by atoms with Gasteiger partial charge in [0.25, 0.3) is 0 Å². The molecule has 3 rings (SSSR count). The Morgan fingerprint density at radius 2 is 1.90 bits per heavy atom. The van der Waals surface area contributed by atoms with Gasteiger partial charge in [-0.05, 0) is 44.6 Å². The molecule has 0 bridgehead atoms. The second-order valence-electron chi connectivity index (χ2n) is 6.46. The summed E-state index contributed by atoms with van der Waals surface area (Å²) in [5, 5.41) is 3.67. The summed E-state index contributed by atoms with van der Waals surface area (Å²) in [6.45, 7) is 2.49. The van der Waals surface area contributed by atoms with Crippen molar-refractivity contribution in [2.75, 3.05) is 32.6 Å². The molecule has 0 amide bonds. The van der Waals surface area contributed by atoms with Crippen molar-refractivity contribution in [3.05, 3.63) is 29.8 Å². The van der Waals surface area contributed by atoms with Crippen LogP contribution in [0.2, 0.25) is 0 Å². The first-order valence-corrected chi connectivity index (χ1v) is 7.93. The summed E-state index contributed by atoms with van der Waals surface area (Å²) in [5.41, 5.74) is 2.57. The molecule has 2 fully saturated rings. The second kappa shape index (κ2) is 6.34. The summed E-state index contributed by atoms with van der Waals surface area (Å²) in [5.74, 6) is -0.259. The van der Waals surface area contributed by atoms with Gasteiger partial charge < -0.3 is 19.7 Å². The first kappa shape index (κ1) is 14.8. The number of nitrogens with one attached hydrogen (secondary N) is 1. The molecule has 0 atom stereocenters. The number of nitrogens with zero attached hydrogens (tertiary/aromatic N) is 1. The van der Waals surface area contributed by atoms with Crippen LogP contribution in [0.4, 0.5) is 5.69 Å². The first-order valence-electron chi connectivity index (χ1n) is 7.93. The number of anilines is 1. The average molecular weight is 290 g/mol. The van der Waals surface area contributed by atoms with Crippen LogP contribution in [0.25, 0.3) is 0 Å². The smallest absolute Gasteiger partial charge is 0.168 e. The van der Waals surface area contributed by atoms with Crippen molar-refractivity contribution in [1.29, 1.82) is 0 Å². The van der Waals surface area contributed by atoms with E-state index in [4.69, 9.17) is 9.47 Å². The van der Waals surface area contributed by atoms with Crippen molar-refractivity contribution in [2.45, 2.75) is 44.1 Å². The fourth-order valence-corrected chi connectivity index (χ4v) is 3.35. The average Bonchev–Trinajstić information content (AvgIpc) is 2.90. The van der Waals surface area contributed by atoms with E-state index in [1.54, 1.807) is 0 Å². The largest absolute Gasteiger partial charge is 0.382 e. The Balaban J connectivity index is 1.55. The number of benzene rings is 1. The Bertz CT molecular complexity index is 460. The standard InChI is InChI=1S/C17H26N2O2/c1-19(2)13-14-4-3-5-16(12-14)18-15-6-8-17(9-7-15)20-10-11-21-17/h3-5,12,15,18H,6-11,13H2,1-2H3. The summed E-state index contributed by atoms with van der Waals surface area (Å²) in [6.07, 6.45) is 4.22. The summed E-state index contributed by atoms with van der Waals surface area (Å²) < 4.78 is 11.6. The van der Waals surface area contributed by atoms with Gasteiger partial charge in [0, 0.05) is 31.1 Å². The maximum atomic E-state index is 5.79. The van der Waals surface area contributed by atoms with Crippen molar-refractivity contribution in [3.8, 4) is 0 Å². The maximum absolute atomic E-state index is 5.79. The van der Waals surface area contributed by atoms with Crippen LogP contribution >= 0.6 is 0 Å². The number of rotatable bonds is 4. The summed E-state index contributed by atoms with van der Waals surface area (Å²) in [4.78, 5) is 2.19. The van der Waals surface area contributed by atoms with Gasteiger partial charge in [0.1, 0.15) is 0 Å². The molecule has 1 heterocycles. The van der Waals surface area contributed by atoms with Gasteiger partial charge in [0.15, 0.2) is 5.79 Å². The van der Waals surface area contributed by atoms with Crippen molar-refractivity contribution in [1.82, 2.24) is 4.90 Å². The van der Waals surface area contributed by atoms with Crippen LogP contribution in [0.5, 0.6) is 0 Å². The van der Waals surface area contributed by atoms with Gasteiger partial charge in [-0.25, -0.2) is 0 Å². The van der Waals surface area contributed by atoms with E-state index in [0.29, 0.717) is 6.04 Å². The first-order chi connectivity index (χ1) is 10.2. The lowest BCUT2D eigenvalue weighted by atomic mass is 9.90. The number of hydrogen-bond acceptors (Lipinski definition) is 4. The highest BCUT2D eigenvalue weighted by atomic mass is 16.7. The highest BCUT2D eigenvalue weighted by Crippen LogP contribution is 2.36. The molecule has 2 aliphatic rings. The third-order valence-corrected chi connectivity index (χ3v) is 4.36. The molecule has 1 saturated carbocycles. The van der Waals surface area contributed by atoms with E-state index in [-0.39, 0.29) is 5.79 Å². The Morgan fingerprint density at radius 3 is 2.57 bits per heavy atom. The molecule has 4 heteroatoms. The van der Waals surface area contributed by atoms with E-state index < -0.39 is 0 Å². The summed E-state index contributed by atoms with van der Waals surface area (Å²) in [6, 6.07) is 9.26. The van der Waals surface area contributed by atoms with Gasteiger partial charge in [-0.2, -0.15) is 0 Å². The zero-order chi connectivity index (χ0) is 14.7. The molecule has 21 heavy (non-hydrogen) atoms. The quantitative estimate of drug-likeness (QED) is 0.924. The van der Waals surface area contributed by atoms with Gasteiger partial charge >= 0.3 is 0 Å². The third kappa shape index (κ3) is 3.76. The number of ether oxygens (including phenoxy) is 2. The van der Waals surface area contributed by atoms with E-state index in [1.165, 1.54) is 11.3 Å². The fourth-order valence-electron chi connectivity index (χ4n) is 3.35. The molecule has 0 radical (unpaired) electrons. The van der Waals surface area contributed by atoms with Crippen LogP contribution < -0.4 is 5.32 Å². The van der Waals surface area contributed by atoms with Crippen LogP contribution in [-0.2, 0) is 16.0 Å². The predicted octanol–water partition coefficient (Wildman–Crippen LogP) is 2.85. The molecule has 1 saturated heterocycles. The van der Waals surface area contributed by atoms with Crippen molar-refractivity contribution in [2.24, 2.45) is 0 Å². The van der Waals surface area contributed by atoms with E-state index in [2.05, 4.69) is 48.6 Å². The molecule has 1 aromatic carbocycles. The van der Waals surface area contributed by atoms with Crippen molar-refractivity contribution < 1.29 is 9.47 Å². The van der Waals surface area contributed by atoms with Crippen LogP contribution in [-0.4, -0.2) is 44.0 Å². The lowest BCUT2D eigenvalue weighted by Gasteiger charge is -2.36. The molecular formula is C17H26N2O2. The van der Waals surface area contributed by atoms with Crippen LogP contribution in [0.1, 0.15) is 31.2 Å². The molecule has 1 N–H and O–H groups in total. The van der Waals surface area contributed by atoms with Gasteiger partial charge in [-0.3, -0.25) is 0 Å². The lowest BCUT2D eigenvalue weighted by Crippen LogP contribution is -2.39.